The van der Waals surface area contributed by atoms with Crippen molar-refractivity contribution in [2.75, 3.05) is 26.3 Å². The average molecular weight is 338 g/mol. The highest BCUT2D eigenvalue weighted by atomic mass is 16.5. The third-order valence-corrected chi connectivity index (χ3v) is 4.52. The number of aromatic nitrogens is 2. The lowest BCUT2D eigenvalue weighted by Crippen LogP contribution is -2.40. The largest absolute Gasteiger partial charge is 0.378 e. The lowest BCUT2D eigenvalue weighted by molar-refractivity contribution is 0.0303. The molecule has 1 aromatic heterocycles. The summed E-state index contributed by atoms with van der Waals surface area (Å²) >= 11 is 0. The quantitative estimate of drug-likeness (QED) is 0.859. The maximum Gasteiger partial charge on any atom is 0.257 e. The highest BCUT2D eigenvalue weighted by Crippen LogP contribution is 2.26. The molecular formula is C19H22N4O2. The van der Waals surface area contributed by atoms with Gasteiger partial charge in [0.05, 0.1) is 37.8 Å². The molecule has 0 unspecified atom stereocenters. The predicted octanol–water partition coefficient (Wildman–Crippen LogP) is 2.55. The number of carbonyl (C=O) groups excluding carboxylic acids is 1. The molecule has 0 spiro atoms. The van der Waals surface area contributed by atoms with Crippen LogP contribution in [-0.4, -0.2) is 46.9 Å². The minimum absolute atomic E-state index is 0.0280. The Hall–Kier alpha value is -2.65. The van der Waals surface area contributed by atoms with E-state index in [2.05, 4.69) is 31.1 Å². The van der Waals surface area contributed by atoms with E-state index in [1.165, 1.54) is 5.56 Å². The van der Waals surface area contributed by atoms with Crippen LogP contribution < -0.4 is 0 Å². The Labute approximate surface area is 147 Å². The van der Waals surface area contributed by atoms with Gasteiger partial charge in [-0.05, 0) is 31.0 Å². The zero-order valence-electron chi connectivity index (χ0n) is 14.7. The molecule has 0 N–H and O–H groups in total. The monoisotopic (exact) mass is 338 g/mol. The van der Waals surface area contributed by atoms with Crippen LogP contribution in [0.1, 0.15) is 27.9 Å². The molecule has 1 fully saturated rings. The molecule has 25 heavy (non-hydrogen) atoms. The van der Waals surface area contributed by atoms with E-state index in [0.29, 0.717) is 50.5 Å². The van der Waals surface area contributed by atoms with Crippen LogP contribution in [0.15, 0.2) is 24.4 Å². The molecule has 2 aromatic rings. The molecular weight excluding hydrogens is 316 g/mol. The Morgan fingerprint density at radius 2 is 2.04 bits per heavy atom. The first-order valence-electron chi connectivity index (χ1n) is 8.49. The molecule has 3 rings (SSSR count). The molecule has 0 radical (unpaired) electrons. The average Bonchev–Trinajstić information content (AvgIpc) is 3.06. The fourth-order valence-electron chi connectivity index (χ4n) is 2.90. The Kier molecular flexibility index (Phi) is 5.15. The summed E-state index contributed by atoms with van der Waals surface area (Å²) in [6.07, 6.45) is 2.12. The van der Waals surface area contributed by atoms with Crippen LogP contribution in [0.2, 0.25) is 0 Å². The van der Waals surface area contributed by atoms with Crippen LogP contribution in [0.3, 0.4) is 0 Å². The molecule has 0 bridgehead atoms. The smallest absolute Gasteiger partial charge is 0.257 e. The molecule has 6 heteroatoms. The van der Waals surface area contributed by atoms with Gasteiger partial charge in [-0.15, -0.1) is 0 Å². The summed E-state index contributed by atoms with van der Waals surface area (Å²) in [5.41, 5.74) is 4.55. The highest BCUT2D eigenvalue weighted by molar-refractivity contribution is 6.00. The van der Waals surface area contributed by atoms with E-state index in [-0.39, 0.29) is 5.91 Å². The van der Waals surface area contributed by atoms with Crippen LogP contribution >= 0.6 is 0 Å². The summed E-state index contributed by atoms with van der Waals surface area (Å²) in [5.74, 6) is -0.0280. The Balaban J connectivity index is 1.99. The molecule has 1 aliphatic rings. The van der Waals surface area contributed by atoms with Crippen LogP contribution in [0.5, 0.6) is 0 Å². The SMILES string of the molecule is Cc1ccc(-c2nn(CCC#N)cc2C(=O)N2CCOCC2)cc1C. The van der Waals surface area contributed by atoms with Crippen molar-refractivity contribution in [2.45, 2.75) is 26.8 Å². The summed E-state index contributed by atoms with van der Waals surface area (Å²) in [6.45, 7) is 6.90. The van der Waals surface area contributed by atoms with E-state index in [4.69, 9.17) is 10.00 Å². The van der Waals surface area contributed by atoms with Crippen molar-refractivity contribution in [1.29, 1.82) is 5.26 Å². The first kappa shape index (κ1) is 17.2. The number of nitrogens with zero attached hydrogens (tertiary/aromatic N) is 4. The van der Waals surface area contributed by atoms with Crippen molar-refractivity contribution in [1.82, 2.24) is 14.7 Å². The molecule has 2 heterocycles. The third kappa shape index (κ3) is 3.72. The predicted molar refractivity (Wildman–Crippen MR) is 94.1 cm³/mol. The molecule has 130 valence electrons. The molecule has 6 nitrogen and oxygen atoms in total. The summed E-state index contributed by atoms with van der Waals surface area (Å²) in [4.78, 5) is 14.8. The second-order valence-corrected chi connectivity index (χ2v) is 6.27. The number of morpholine rings is 1. The van der Waals surface area contributed by atoms with Gasteiger partial charge >= 0.3 is 0 Å². The van der Waals surface area contributed by atoms with Gasteiger partial charge in [0.1, 0.15) is 5.69 Å². The summed E-state index contributed by atoms with van der Waals surface area (Å²) in [7, 11) is 0. The first-order valence-corrected chi connectivity index (χ1v) is 8.49. The molecule has 1 amide bonds. The van der Waals surface area contributed by atoms with Crippen molar-refractivity contribution in [3.05, 3.63) is 41.1 Å². The van der Waals surface area contributed by atoms with Gasteiger partial charge in [-0.2, -0.15) is 10.4 Å². The van der Waals surface area contributed by atoms with E-state index in [1.807, 2.05) is 12.1 Å². The van der Waals surface area contributed by atoms with Crippen LogP contribution in [0.4, 0.5) is 0 Å². The summed E-state index contributed by atoms with van der Waals surface area (Å²) in [6, 6.07) is 8.22. The third-order valence-electron chi connectivity index (χ3n) is 4.52. The highest BCUT2D eigenvalue weighted by Gasteiger charge is 2.24. The lowest BCUT2D eigenvalue weighted by atomic mass is 10.0. The van der Waals surface area contributed by atoms with Crippen molar-refractivity contribution in [3.63, 3.8) is 0 Å². The number of aryl methyl sites for hydroxylation is 3. The maximum absolute atomic E-state index is 13.0. The topological polar surface area (TPSA) is 71.2 Å². The van der Waals surface area contributed by atoms with Gasteiger partial charge in [0, 0.05) is 24.8 Å². The molecule has 1 aliphatic heterocycles. The van der Waals surface area contributed by atoms with Gasteiger partial charge in [-0.25, -0.2) is 0 Å². The Morgan fingerprint density at radius 3 is 2.72 bits per heavy atom. The first-order chi connectivity index (χ1) is 12.1. The number of nitriles is 1. The minimum atomic E-state index is -0.0280. The number of hydrogen-bond donors (Lipinski definition) is 0. The molecule has 0 saturated carbocycles. The standard InChI is InChI=1S/C19H22N4O2/c1-14-4-5-16(12-15(14)2)18-17(13-23(21-18)7-3-6-20)19(24)22-8-10-25-11-9-22/h4-5,12-13H,3,7-11H2,1-2H3. The second-order valence-electron chi connectivity index (χ2n) is 6.27. The van der Waals surface area contributed by atoms with Gasteiger partial charge in [0.2, 0.25) is 0 Å². The van der Waals surface area contributed by atoms with Gasteiger partial charge in [-0.3, -0.25) is 9.48 Å². The fraction of sp³-hybridized carbons (Fsp3) is 0.421. The molecule has 1 saturated heterocycles. The van der Waals surface area contributed by atoms with E-state index in [0.717, 1.165) is 11.1 Å². The van der Waals surface area contributed by atoms with Gasteiger partial charge in [0.25, 0.3) is 5.91 Å². The van der Waals surface area contributed by atoms with Crippen molar-refractivity contribution in [3.8, 4) is 17.3 Å². The normalized spacial score (nSPS) is 14.4. The number of rotatable bonds is 4. The van der Waals surface area contributed by atoms with Gasteiger partial charge < -0.3 is 9.64 Å². The van der Waals surface area contributed by atoms with Gasteiger partial charge in [0.15, 0.2) is 0 Å². The molecule has 1 aromatic carbocycles. The second kappa shape index (κ2) is 7.49. The maximum atomic E-state index is 13.0. The fourth-order valence-corrected chi connectivity index (χ4v) is 2.90. The number of carbonyl (C=O) groups is 1. The van der Waals surface area contributed by atoms with E-state index in [9.17, 15) is 4.79 Å². The zero-order valence-corrected chi connectivity index (χ0v) is 14.7. The van der Waals surface area contributed by atoms with E-state index >= 15 is 0 Å². The van der Waals surface area contributed by atoms with Crippen LogP contribution in [-0.2, 0) is 11.3 Å². The summed E-state index contributed by atoms with van der Waals surface area (Å²) < 4.78 is 7.03. The van der Waals surface area contributed by atoms with E-state index in [1.54, 1.807) is 15.8 Å². The zero-order chi connectivity index (χ0) is 17.8. The molecule has 0 aliphatic carbocycles. The van der Waals surface area contributed by atoms with E-state index < -0.39 is 0 Å². The Bertz CT molecular complexity index is 813. The summed E-state index contributed by atoms with van der Waals surface area (Å²) in [5, 5.41) is 13.4. The number of benzene rings is 1. The van der Waals surface area contributed by atoms with Crippen LogP contribution in [0, 0.1) is 25.2 Å². The van der Waals surface area contributed by atoms with Gasteiger partial charge in [-0.1, -0.05) is 12.1 Å². The number of hydrogen-bond acceptors (Lipinski definition) is 4. The minimum Gasteiger partial charge on any atom is -0.378 e. The number of amides is 1. The van der Waals surface area contributed by atoms with Crippen molar-refractivity contribution in [2.24, 2.45) is 0 Å². The van der Waals surface area contributed by atoms with Crippen molar-refractivity contribution < 1.29 is 9.53 Å². The number of ether oxygens (including phenoxy) is 1. The molecule has 0 atom stereocenters. The van der Waals surface area contributed by atoms with Crippen molar-refractivity contribution >= 4 is 5.91 Å². The lowest BCUT2D eigenvalue weighted by Gasteiger charge is -2.26. The van der Waals surface area contributed by atoms with Crippen LogP contribution in [0.25, 0.3) is 11.3 Å². The Morgan fingerprint density at radius 1 is 1.28 bits per heavy atom.